The highest BCUT2D eigenvalue weighted by molar-refractivity contribution is 5.99. The van der Waals surface area contributed by atoms with E-state index in [1.807, 2.05) is 12.1 Å². The Morgan fingerprint density at radius 2 is 2.13 bits per heavy atom. The van der Waals surface area contributed by atoms with Crippen LogP contribution < -0.4 is 15.0 Å². The molecule has 1 aliphatic rings. The maximum Gasteiger partial charge on any atom is 0.265 e. The van der Waals surface area contributed by atoms with E-state index >= 15 is 0 Å². The van der Waals surface area contributed by atoms with Gasteiger partial charge in [0.2, 0.25) is 5.91 Å². The number of rotatable bonds is 4. The first-order valence-corrected chi connectivity index (χ1v) is 7.31. The molecular weight excluding hydrogens is 298 g/mol. The fourth-order valence-electron chi connectivity index (χ4n) is 2.48. The van der Waals surface area contributed by atoms with E-state index in [0.717, 1.165) is 0 Å². The van der Waals surface area contributed by atoms with Crippen molar-refractivity contribution >= 4 is 23.2 Å². The lowest BCUT2D eigenvalue weighted by Gasteiger charge is -2.29. The van der Waals surface area contributed by atoms with Crippen molar-refractivity contribution in [3.05, 3.63) is 35.7 Å². The van der Waals surface area contributed by atoms with Crippen LogP contribution in [0.1, 0.15) is 17.9 Å². The van der Waals surface area contributed by atoms with Crippen molar-refractivity contribution < 1.29 is 18.8 Å². The van der Waals surface area contributed by atoms with Gasteiger partial charge in [-0.2, -0.15) is 0 Å². The molecular formula is C16H17N3O4. The number of carbonyl (C=O) groups is 2. The average Bonchev–Trinajstić information content (AvgIpc) is 2.86. The average molecular weight is 315 g/mol. The van der Waals surface area contributed by atoms with Crippen LogP contribution in [0.25, 0.3) is 0 Å². The molecule has 3 rings (SSSR count). The number of benzene rings is 1. The van der Waals surface area contributed by atoms with Gasteiger partial charge in [0.1, 0.15) is 17.1 Å². The number of aromatic nitrogens is 1. The minimum absolute atomic E-state index is 0.0114. The van der Waals surface area contributed by atoms with Crippen LogP contribution in [0.15, 0.2) is 28.8 Å². The van der Waals surface area contributed by atoms with Crippen LogP contribution in [0.4, 0.5) is 11.4 Å². The van der Waals surface area contributed by atoms with Gasteiger partial charge in [0.25, 0.3) is 5.91 Å². The van der Waals surface area contributed by atoms with Gasteiger partial charge in [0, 0.05) is 13.0 Å². The monoisotopic (exact) mass is 315 g/mol. The number of hydrogen-bond donors (Lipinski definition) is 1. The number of amides is 2. The lowest BCUT2D eigenvalue weighted by Crippen LogP contribution is -2.40. The molecule has 0 saturated carbocycles. The predicted molar refractivity (Wildman–Crippen MR) is 83.5 cm³/mol. The number of nitrogens with zero attached hydrogens (tertiary/aromatic N) is 2. The first-order chi connectivity index (χ1) is 11.1. The quantitative estimate of drug-likeness (QED) is 0.933. The van der Waals surface area contributed by atoms with Gasteiger partial charge in [-0.25, -0.2) is 0 Å². The summed E-state index contributed by atoms with van der Waals surface area (Å²) in [4.78, 5) is 25.7. The molecule has 23 heavy (non-hydrogen) atoms. The van der Waals surface area contributed by atoms with Crippen molar-refractivity contribution in [3.8, 4) is 5.75 Å². The third-order valence-corrected chi connectivity index (χ3v) is 3.67. The van der Waals surface area contributed by atoms with Crippen LogP contribution in [0, 0.1) is 13.8 Å². The normalized spacial score (nSPS) is 13.5. The van der Waals surface area contributed by atoms with Gasteiger partial charge in [-0.15, -0.1) is 0 Å². The third-order valence-electron chi connectivity index (χ3n) is 3.67. The molecule has 1 aliphatic heterocycles. The van der Waals surface area contributed by atoms with Crippen molar-refractivity contribution in [3.63, 3.8) is 0 Å². The summed E-state index contributed by atoms with van der Waals surface area (Å²) >= 11 is 0. The molecule has 1 N–H and O–H groups in total. The van der Waals surface area contributed by atoms with Crippen LogP contribution in [0.2, 0.25) is 0 Å². The van der Waals surface area contributed by atoms with Gasteiger partial charge in [0.15, 0.2) is 12.4 Å². The molecule has 120 valence electrons. The summed E-state index contributed by atoms with van der Waals surface area (Å²) in [6.07, 6.45) is 0.171. The Hall–Kier alpha value is -2.83. The van der Waals surface area contributed by atoms with E-state index in [2.05, 4.69) is 10.5 Å². The number of para-hydroxylation sites is 2. The van der Waals surface area contributed by atoms with Crippen LogP contribution in [-0.4, -0.2) is 30.1 Å². The Morgan fingerprint density at radius 1 is 1.35 bits per heavy atom. The molecule has 7 heteroatoms. The number of anilines is 2. The Morgan fingerprint density at radius 3 is 2.87 bits per heavy atom. The Labute approximate surface area is 133 Å². The zero-order valence-corrected chi connectivity index (χ0v) is 13.0. The highest BCUT2D eigenvalue weighted by atomic mass is 16.5. The van der Waals surface area contributed by atoms with E-state index in [1.54, 1.807) is 30.9 Å². The van der Waals surface area contributed by atoms with Gasteiger partial charge in [-0.1, -0.05) is 17.3 Å². The molecule has 0 bridgehead atoms. The molecule has 0 aliphatic carbocycles. The molecule has 2 aromatic rings. The second-order valence-corrected chi connectivity index (χ2v) is 5.30. The highest BCUT2D eigenvalue weighted by Crippen LogP contribution is 2.31. The van der Waals surface area contributed by atoms with E-state index < -0.39 is 0 Å². The van der Waals surface area contributed by atoms with E-state index in [-0.39, 0.29) is 31.4 Å². The standard InChI is InChI=1S/C16H17N3O4/c1-10-16(11(2)23-18-10)17-14(20)7-8-19-12-5-3-4-6-13(12)22-9-15(19)21/h3-6H,7-9H2,1-2H3,(H,17,20). The molecule has 2 amide bonds. The fraction of sp³-hybridized carbons (Fsp3) is 0.312. The maximum absolute atomic E-state index is 12.1. The second kappa shape index (κ2) is 6.12. The zero-order chi connectivity index (χ0) is 16.4. The van der Waals surface area contributed by atoms with Gasteiger partial charge >= 0.3 is 0 Å². The highest BCUT2D eigenvalue weighted by Gasteiger charge is 2.25. The molecule has 0 atom stereocenters. The summed E-state index contributed by atoms with van der Waals surface area (Å²) in [5, 5.41) is 6.56. The van der Waals surface area contributed by atoms with Crippen molar-refractivity contribution in [1.82, 2.24) is 5.16 Å². The largest absolute Gasteiger partial charge is 0.482 e. The lowest BCUT2D eigenvalue weighted by atomic mass is 10.2. The number of hydrogen-bond acceptors (Lipinski definition) is 5. The van der Waals surface area contributed by atoms with Gasteiger partial charge in [-0.05, 0) is 26.0 Å². The first-order valence-electron chi connectivity index (χ1n) is 7.31. The fourth-order valence-corrected chi connectivity index (χ4v) is 2.48. The number of ether oxygens (including phenoxy) is 1. The van der Waals surface area contributed by atoms with E-state index in [1.165, 1.54) is 0 Å². The number of fused-ring (bicyclic) bond motifs is 1. The second-order valence-electron chi connectivity index (χ2n) is 5.30. The molecule has 1 aromatic carbocycles. The smallest absolute Gasteiger partial charge is 0.265 e. The van der Waals surface area contributed by atoms with E-state index in [0.29, 0.717) is 28.6 Å². The molecule has 1 aromatic heterocycles. The Balaban J connectivity index is 1.66. The maximum atomic E-state index is 12.1. The molecule has 0 spiro atoms. The Kier molecular flexibility index (Phi) is 4.01. The van der Waals surface area contributed by atoms with Gasteiger partial charge in [-0.3, -0.25) is 9.59 Å². The summed E-state index contributed by atoms with van der Waals surface area (Å²) in [6.45, 7) is 3.77. The predicted octanol–water partition coefficient (Wildman–Crippen LogP) is 2.05. The molecule has 2 heterocycles. The van der Waals surface area contributed by atoms with Crippen LogP contribution in [-0.2, 0) is 9.59 Å². The van der Waals surface area contributed by atoms with Crippen molar-refractivity contribution in [1.29, 1.82) is 0 Å². The number of aryl methyl sites for hydroxylation is 2. The summed E-state index contributed by atoms with van der Waals surface area (Å²) in [7, 11) is 0. The number of carbonyl (C=O) groups excluding carboxylic acids is 2. The first kappa shape index (κ1) is 15.1. The summed E-state index contributed by atoms with van der Waals surface area (Å²) in [5.41, 5.74) is 1.90. The van der Waals surface area contributed by atoms with Gasteiger partial charge < -0.3 is 19.5 Å². The van der Waals surface area contributed by atoms with Crippen molar-refractivity contribution in [2.45, 2.75) is 20.3 Å². The van der Waals surface area contributed by atoms with Crippen LogP contribution >= 0.6 is 0 Å². The van der Waals surface area contributed by atoms with Crippen molar-refractivity contribution in [2.75, 3.05) is 23.4 Å². The van der Waals surface area contributed by atoms with Crippen LogP contribution in [0.5, 0.6) is 5.75 Å². The number of nitrogens with one attached hydrogen (secondary N) is 1. The molecule has 0 unspecified atom stereocenters. The zero-order valence-electron chi connectivity index (χ0n) is 13.0. The minimum atomic E-state index is -0.198. The summed E-state index contributed by atoms with van der Waals surface area (Å²) in [6, 6.07) is 7.28. The van der Waals surface area contributed by atoms with Crippen molar-refractivity contribution in [2.24, 2.45) is 0 Å². The third kappa shape index (κ3) is 3.03. The topological polar surface area (TPSA) is 84.7 Å². The molecule has 0 radical (unpaired) electrons. The Bertz CT molecular complexity index is 734. The molecule has 0 saturated heterocycles. The summed E-state index contributed by atoms with van der Waals surface area (Å²) < 4.78 is 10.4. The lowest BCUT2D eigenvalue weighted by molar-refractivity contribution is -0.121. The minimum Gasteiger partial charge on any atom is -0.482 e. The SMILES string of the molecule is Cc1noc(C)c1NC(=O)CCN1C(=O)COc2ccccc21. The van der Waals surface area contributed by atoms with Gasteiger partial charge in [0.05, 0.1) is 5.69 Å². The molecule has 7 nitrogen and oxygen atoms in total. The van der Waals surface area contributed by atoms with E-state index in [4.69, 9.17) is 9.26 Å². The van der Waals surface area contributed by atoms with Crippen LogP contribution in [0.3, 0.4) is 0 Å². The molecule has 0 fully saturated rings. The summed E-state index contributed by atoms with van der Waals surface area (Å²) in [5.74, 6) is 0.854. The van der Waals surface area contributed by atoms with E-state index in [9.17, 15) is 9.59 Å².